The molecule has 0 spiro atoms. The average Bonchev–Trinajstić information content (AvgIpc) is 3.42. The second kappa shape index (κ2) is 27.0. The lowest BCUT2D eigenvalue weighted by molar-refractivity contribution is -0.726. The van der Waals surface area contributed by atoms with Gasteiger partial charge in [0, 0.05) is 11.3 Å². The van der Waals surface area contributed by atoms with Gasteiger partial charge in [-0.05, 0) is 181 Å². The van der Waals surface area contributed by atoms with Crippen LogP contribution in [-0.2, 0) is 16.0 Å². The van der Waals surface area contributed by atoms with Crippen molar-refractivity contribution in [1.29, 1.82) is 0 Å². The van der Waals surface area contributed by atoms with E-state index in [2.05, 4.69) is 10.6 Å². The van der Waals surface area contributed by atoms with Gasteiger partial charge in [0.1, 0.15) is 18.2 Å². The third-order valence-electron chi connectivity index (χ3n) is 16.0. The fourth-order valence-electron chi connectivity index (χ4n) is 12.0. The maximum absolute atomic E-state index is 13.7. The molecule has 1 heterocycles. The van der Waals surface area contributed by atoms with Crippen LogP contribution in [0.15, 0.2) is 127 Å². The molecule has 5 aliphatic rings. The van der Waals surface area contributed by atoms with Gasteiger partial charge in [0.2, 0.25) is 5.91 Å². The molecule has 0 unspecified atom stereocenters. The number of quaternary nitrogens is 2. The van der Waals surface area contributed by atoms with Gasteiger partial charge < -0.3 is 39.7 Å². The van der Waals surface area contributed by atoms with Gasteiger partial charge in [0.15, 0.2) is 0 Å². The number of carbonyl (C=O) groups is 1. The van der Waals surface area contributed by atoms with Crippen molar-refractivity contribution < 1.29 is 44.0 Å². The lowest BCUT2D eigenvalue weighted by Gasteiger charge is -2.48. The molecule has 4 aliphatic carbocycles. The molecule has 3 atom stereocenters. The monoisotopic (exact) mass is 1000 g/mol. The van der Waals surface area contributed by atoms with Crippen molar-refractivity contribution in [3.8, 4) is 16.9 Å². The minimum absolute atomic E-state index is 0.0733. The van der Waals surface area contributed by atoms with Crippen LogP contribution in [0.2, 0.25) is 0 Å². The SMILES string of the molecule is C1CCC([NH2+]C2CCCCC2)CC1.C1CCC([NH2+]C2CCCCC2)CC1.O=C1[C@H](CC[C@H](O)c2ccc(F)cc2)[C@@H](c2ccc(-c3ccc(P(=O)([O-])[O-])cc3)cc2OCc2ccccc2)N1c1ccccc1. The molecule has 0 bridgehead atoms. The van der Waals surface area contributed by atoms with Crippen LogP contribution in [0.3, 0.4) is 0 Å². The van der Waals surface area contributed by atoms with Crippen LogP contribution < -0.4 is 35.4 Å². The topological polar surface area (TPSA) is 146 Å². The molecule has 11 heteroatoms. The minimum atomic E-state index is -4.88. The number of anilines is 1. The summed E-state index contributed by atoms with van der Waals surface area (Å²) in [6, 6.07) is 39.7. The normalized spacial score (nSPS) is 20.8. The Bertz CT molecular complexity index is 2360. The predicted molar refractivity (Wildman–Crippen MR) is 282 cm³/mol. The number of aliphatic hydroxyl groups excluding tert-OH is 1. The molecule has 9 nitrogen and oxygen atoms in total. The Hall–Kier alpha value is -4.67. The molecule has 1 amide bonds. The van der Waals surface area contributed by atoms with E-state index in [0.29, 0.717) is 29.7 Å². The summed E-state index contributed by atoms with van der Waals surface area (Å²) in [6.45, 7) is 0.270. The molecule has 5 fully saturated rings. The molecule has 10 rings (SSSR count). The number of β-lactam (4-membered cyclic amide) rings is 1. The maximum Gasteiger partial charge on any atom is 0.233 e. The second-order valence-corrected chi connectivity index (χ2v) is 22.8. The number of carbonyl (C=O) groups excluding carboxylic acids is 1. The Morgan fingerprint density at radius 2 is 1.08 bits per heavy atom. The number of ether oxygens (including phenoxy) is 1. The number of amides is 1. The summed E-state index contributed by atoms with van der Waals surface area (Å²) in [5, 5.41) is 16.0. The molecular formula is C61H79FN3O6P. The Balaban J connectivity index is 0.000000214. The lowest BCUT2D eigenvalue weighted by atomic mass is 9.77. The first-order valence-electron chi connectivity index (χ1n) is 27.5. The van der Waals surface area contributed by atoms with Crippen LogP contribution in [0.25, 0.3) is 11.1 Å². The standard InChI is InChI=1S/C37H33FNO6P.2C12H23N/c38-29-16-11-27(12-17-29)34(40)22-21-33-36(39(37(33)41)30-9-5-2-6-10-30)32-20-15-28(26-13-18-31(19-14-26)46(42,43)44)23-35(32)45-24-25-7-3-1-4-8-25;2*1-3-7-11(8-4-1)13-12-9-5-2-6-10-12/h1-20,23,33-34,36,40H,21-22,24H2,(H2,42,43,44);2*11-13H,1-10H2/t33-,34+,36-;;/m1../s1. The van der Waals surface area contributed by atoms with Crippen molar-refractivity contribution in [1.82, 2.24) is 0 Å². The van der Waals surface area contributed by atoms with E-state index in [9.17, 15) is 28.6 Å². The summed E-state index contributed by atoms with van der Waals surface area (Å²) in [6.07, 6.45) is 29.7. The molecule has 5 aromatic carbocycles. The highest BCUT2D eigenvalue weighted by Crippen LogP contribution is 2.49. The van der Waals surface area contributed by atoms with Crippen molar-refractivity contribution in [2.24, 2.45) is 5.92 Å². The van der Waals surface area contributed by atoms with E-state index < -0.39 is 25.7 Å². The molecule has 4 saturated carbocycles. The van der Waals surface area contributed by atoms with E-state index >= 15 is 0 Å². The van der Waals surface area contributed by atoms with E-state index in [4.69, 9.17) is 4.74 Å². The Labute approximate surface area is 428 Å². The van der Waals surface area contributed by atoms with Crippen molar-refractivity contribution in [2.75, 3.05) is 4.90 Å². The van der Waals surface area contributed by atoms with Crippen molar-refractivity contribution >= 4 is 24.5 Å². The van der Waals surface area contributed by atoms with Gasteiger partial charge in [0.05, 0.1) is 42.2 Å². The van der Waals surface area contributed by atoms with E-state index in [1.165, 1.54) is 153 Å². The molecule has 5 N–H and O–H groups in total. The summed E-state index contributed by atoms with van der Waals surface area (Å²) < 4.78 is 31.4. The fourth-order valence-corrected chi connectivity index (χ4v) is 12.5. The summed E-state index contributed by atoms with van der Waals surface area (Å²) in [4.78, 5) is 38.5. The number of para-hydroxylation sites is 1. The number of aliphatic hydroxyl groups is 1. The van der Waals surface area contributed by atoms with Crippen LogP contribution in [0.1, 0.15) is 170 Å². The minimum Gasteiger partial charge on any atom is -0.807 e. The van der Waals surface area contributed by atoms with Crippen LogP contribution in [0.5, 0.6) is 5.75 Å². The van der Waals surface area contributed by atoms with Gasteiger partial charge >= 0.3 is 0 Å². The molecule has 1 aliphatic heterocycles. The first-order valence-corrected chi connectivity index (χ1v) is 29.1. The van der Waals surface area contributed by atoms with Crippen molar-refractivity contribution in [2.45, 2.75) is 184 Å². The van der Waals surface area contributed by atoms with E-state index in [1.54, 1.807) is 29.2 Å². The predicted octanol–water partition coefficient (Wildman–Crippen LogP) is 10.3. The van der Waals surface area contributed by atoms with E-state index in [0.717, 1.165) is 46.5 Å². The number of benzene rings is 5. The molecule has 0 aromatic heterocycles. The smallest absolute Gasteiger partial charge is 0.233 e. The van der Waals surface area contributed by atoms with Gasteiger partial charge in [-0.3, -0.25) is 4.79 Å². The second-order valence-electron chi connectivity index (χ2n) is 21.3. The lowest BCUT2D eigenvalue weighted by Crippen LogP contribution is -2.95. The highest BCUT2D eigenvalue weighted by Gasteiger charge is 2.49. The molecular weight excluding hydrogens is 921 g/mol. The Morgan fingerprint density at radius 3 is 1.57 bits per heavy atom. The maximum atomic E-state index is 13.7. The molecule has 72 heavy (non-hydrogen) atoms. The first kappa shape index (κ1) is 53.6. The van der Waals surface area contributed by atoms with Gasteiger partial charge in [-0.15, -0.1) is 0 Å². The van der Waals surface area contributed by atoms with Gasteiger partial charge in [-0.1, -0.05) is 123 Å². The van der Waals surface area contributed by atoms with Crippen LogP contribution >= 0.6 is 7.60 Å². The van der Waals surface area contributed by atoms with E-state index in [-0.39, 0.29) is 23.6 Å². The molecule has 0 radical (unpaired) electrons. The number of hydrogen-bond donors (Lipinski definition) is 3. The van der Waals surface area contributed by atoms with Gasteiger partial charge in [0.25, 0.3) is 0 Å². The summed E-state index contributed by atoms with van der Waals surface area (Å²) in [5.74, 6) is -0.369. The van der Waals surface area contributed by atoms with Gasteiger partial charge in [-0.25, -0.2) is 4.39 Å². The zero-order valence-electron chi connectivity index (χ0n) is 42.3. The largest absolute Gasteiger partial charge is 0.807 e. The Kier molecular flexibility index (Phi) is 20.1. The zero-order valence-corrected chi connectivity index (χ0v) is 43.2. The highest BCUT2D eigenvalue weighted by molar-refractivity contribution is 7.57. The van der Waals surface area contributed by atoms with Gasteiger partial charge in [-0.2, -0.15) is 0 Å². The summed E-state index contributed by atoms with van der Waals surface area (Å²) in [5.41, 5.74) is 4.48. The summed E-state index contributed by atoms with van der Waals surface area (Å²) >= 11 is 0. The van der Waals surface area contributed by atoms with Crippen molar-refractivity contribution in [3.63, 3.8) is 0 Å². The van der Waals surface area contributed by atoms with Crippen LogP contribution in [0.4, 0.5) is 10.1 Å². The zero-order chi connectivity index (χ0) is 50.1. The number of nitrogens with two attached hydrogens (primary N) is 2. The molecule has 1 saturated heterocycles. The summed E-state index contributed by atoms with van der Waals surface area (Å²) in [7, 11) is -4.88. The van der Waals surface area contributed by atoms with Crippen molar-refractivity contribution in [3.05, 3.63) is 150 Å². The number of hydrogen-bond acceptors (Lipinski definition) is 6. The number of halogens is 1. The van der Waals surface area contributed by atoms with E-state index in [1.807, 2.05) is 78.9 Å². The van der Waals surface area contributed by atoms with Crippen LogP contribution in [-0.4, -0.2) is 35.2 Å². The fraction of sp³-hybridized carbons (Fsp3) is 0.492. The highest BCUT2D eigenvalue weighted by atomic mass is 31.2. The number of nitrogens with zero attached hydrogens (tertiary/aromatic N) is 1. The molecule has 386 valence electrons. The number of rotatable bonds is 15. The third-order valence-corrected chi connectivity index (χ3v) is 17.0. The average molecular weight is 1000 g/mol. The third kappa shape index (κ3) is 15.4. The first-order chi connectivity index (χ1) is 35.1. The molecule has 5 aromatic rings. The van der Waals surface area contributed by atoms with Crippen LogP contribution in [0, 0.1) is 11.7 Å². The Morgan fingerprint density at radius 1 is 0.611 bits per heavy atom. The quantitative estimate of drug-likeness (QED) is 0.0703.